The van der Waals surface area contributed by atoms with Gasteiger partial charge in [0.05, 0.1) is 28.1 Å². The summed E-state index contributed by atoms with van der Waals surface area (Å²) in [5.41, 5.74) is 0.715. The Morgan fingerprint density at radius 2 is 1.87 bits per heavy atom. The molecule has 2 aromatic carbocycles. The summed E-state index contributed by atoms with van der Waals surface area (Å²) >= 11 is 5.94. The van der Waals surface area contributed by atoms with Gasteiger partial charge in [-0.15, -0.1) is 0 Å². The number of ether oxygens (including phenoxy) is 1. The number of methoxy groups -OCH3 is 1. The maximum Gasteiger partial charge on any atom is 0.319 e. The number of benzene rings is 2. The molecule has 1 N–H and O–H groups in total. The van der Waals surface area contributed by atoms with Crippen molar-refractivity contribution in [1.29, 1.82) is 0 Å². The first-order valence-corrected chi connectivity index (χ1v) is 11.2. The average Bonchev–Trinajstić information content (AvgIpc) is 3.13. The van der Waals surface area contributed by atoms with Crippen LogP contribution in [0.1, 0.15) is 6.55 Å². The number of hydrogen-bond donors (Lipinski definition) is 1. The van der Waals surface area contributed by atoms with E-state index in [2.05, 4.69) is 5.32 Å². The second-order valence-electron chi connectivity index (χ2n) is 6.91. The summed E-state index contributed by atoms with van der Waals surface area (Å²) in [4.78, 5) is 1.86. The molecule has 0 saturated carbocycles. The van der Waals surface area contributed by atoms with Crippen LogP contribution in [0, 0.1) is 0 Å². The average molecular weight is 456 g/mol. The van der Waals surface area contributed by atoms with Gasteiger partial charge in [-0.3, -0.25) is 4.57 Å². The van der Waals surface area contributed by atoms with Gasteiger partial charge in [0, 0.05) is 42.8 Å². The first kappa shape index (κ1) is 20.9. The molecule has 0 amide bonds. The molecule has 30 heavy (non-hydrogen) atoms. The Hall–Kier alpha value is -2.36. The van der Waals surface area contributed by atoms with Gasteiger partial charge in [0.15, 0.2) is 0 Å². The molecule has 0 unspecified atom stereocenters. The Kier molecular flexibility index (Phi) is 5.61. The lowest BCUT2D eigenvalue weighted by molar-refractivity contribution is 0.0748. The smallest absolute Gasteiger partial charge is 0.319 e. The van der Waals surface area contributed by atoms with Crippen molar-refractivity contribution in [2.24, 2.45) is 0 Å². The van der Waals surface area contributed by atoms with Gasteiger partial charge in [-0.2, -0.15) is 8.78 Å². The fourth-order valence-corrected chi connectivity index (χ4v) is 5.33. The molecule has 1 saturated heterocycles. The molecule has 0 aliphatic carbocycles. The van der Waals surface area contributed by atoms with E-state index in [0.717, 1.165) is 19.3 Å². The first-order chi connectivity index (χ1) is 14.3. The molecule has 0 bridgehead atoms. The highest BCUT2D eigenvalue weighted by Crippen LogP contribution is 2.37. The van der Waals surface area contributed by atoms with E-state index in [-0.39, 0.29) is 25.7 Å². The van der Waals surface area contributed by atoms with Crippen molar-refractivity contribution >= 4 is 38.0 Å². The van der Waals surface area contributed by atoms with Gasteiger partial charge in [0.1, 0.15) is 5.75 Å². The molecule has 6 nitrogen and oxygen atoms in total. The Balaban J connectivity index is 1.87. The number of hydrogen-bond acceptors (Lipinski definition) is 5. The molecule has 3 aromatic rings. The lowest BCUT2D eigenvalue weighted by atomic mass is 10.2. The molecular weight excluding hydrogens is 436 g/mol. The van der Waals surface area contributed by atoms with Gasteiger partial charge in [-0.25, -0.2) is 8.42 Å². The fourth-order valence-electron chi connectivity index (χ4n) is 3.68. The van der Waals surface area contributed by atoms with Crippen LogP contribution in [0.15, 0.2) is 52.4 Å². The SMILES string of the molecule is COc1ccc(S(=O)(=O)c2cn(C(F)F)c3cc(Cl)ccc23)cc1N1CCNCC1. The third-order valence-electron chi connectivity index (χ3n) is 5.18. The topological polar surface area (TPSA) is 63.6 Å². The van der Waals surface area contributed by atoms with E-state index in [4.69, 9.17) is 16.3 Å². The lowest BCUT2D eigenvalue weighted by Gasteiger charge is -2.30. The number of anilines is 1. The summed E-state index contributed by atoms with van der Waals surface area (Å²) in [6.45, 7) is 0.0275. The molecule has 1 aliphatic rings. The lowest BCUT2D eigenvalue weighted by Crippen LogP contribution is -2.43. The zero-order valence-corrected chi connectivity index (χ0v) is 17.7. The van der Waals surface area contributed by atoms with E-state index in [9.17, 15) is 17.2 Å². The number of nitrogens with zero attached hydrogens (tertiary/aromatic N) is 2. The Bertz CT molecular complexity index is 1190. The monoisotopic (exact) mass is 455 g/mol. The van der Waals surface area contributed by atoms with E-state index in [1.54, 1.807) is 12.1 Å². The summed E-state index contributed by atoms with van der Waals surface area (Å²) in [5.74, 6) is 0.553. The second-order valence-corrected chi connectivity index (χ2v) is 9.27. The summed E-state index contributed by atoms with van der Waals surface area (Å²) in [6.07, 6.45) is 0.968. The number of aromatic nitrogens is 1. The van der Waals surface area contributed by atoms with Gasteiger partial charge in [0.2, 0.25) is 9.84 Å². The quantitative estimate of drug-likeness (QED) is 0.631. The number of fused-ring (bicyclic) bond motifs is 1. The normalized spacial score (nSPS) is 15.2. The fraction of sp³-hybridized carbons (Fsp3) is 0.300. The molecule has 10 heteroatoms. The van der Waals surface area contributed by atoms with Crippen LogP contribution in [0.2, 0.25) is 5.02 Å². The van der Waals surface area contributed by atoms with E-state index < -0.39 is 16.4 Å². The number of nitrogens with one attached hydrogen (secondary N) is 1. The zero-order chi connectivity index (χ0) is 21.5. The molecule has 2 heterocycles. The second kappa shape index (κ2) is 8.05. The highest BCUT2D eigenvalue weighted by atomic mass is 35.5. The van der Waals surface area contributed by atoms with Gasteiger partial charge >= 0.3 is 6.55 Å². The molecule has 0 radical (unpaired) electrons. The zero-order valence-electron chi connectivity index (χ0n) is 16.1. The Morgan fingerprint density at radius 1 is 1.13 bits per heavy atom. The van der Waals surface area contributed by atoms with Crippen LogP contribution < -0.4 is 15.0 Å². The molecule has 1 fully saturated rings. The number of sulfone groups is 1. The summed E-state index contributed by atoms with van der Waals surface area (Å²) in [6, 6.07) is 8.83. The van der Waals surface area contributed by atoms with Crippen LogP contribution in [0.5, 0.6) is 5.75 Å². The molecule has 0 spiro atoms. The first-order valence-electron chi connectivity index (χ1n) is 9.30. The highest BCUT2D eigenvalue weighted by molar-refractivity contribution is 7.91. The largest absolute Gasteiger partial charge is 0.495 e. The predicted octanol–water partition coefficient (Wildman–Crippen LogP) is 3.94. The van der Waals surface area contributed by atoms with Crippen molar-refractivity contribution in [2.75, 3.05) is 38.2 Å². The molecular formula is C20H20ClF2N3O3S. The number of piperazine rings is 1. The molecule has 1 aromatic heterocycles. The van der Waals surface area contributed by atoms with E-state index in [1.807, 2.05) is 4.90 Å². The van der Waals surface area contributed by atoms with Crippen LogP contribution in [0.25, 0.3) is 10.9 Å². The third kappa shape index (κ3) is 3.61. The minimum absolute atomic E-state index is 0.0140. The maximum absolute atomic E-state index is 13.5. The van der Waals surface area contributed by atoms with Crippen molar-refractivity contribution in [3.63, 3.8) is 0 Å². The molecule has 1 aliphatic heterocycles. The number of halogens is 3. The van der Waals surface area contributed by atoms with E-state index in [0.29, 0.717) is 29.1 Å². The summed E-state index contributed by atoms with van der Waals surface area (Å²) < 4.78 is 60.0. The van der Waals surface area contributed by atoms with Gasteiger partial charge in [0.25, 0.3) is 0 Å². The maximum atomic E-state index is 13.5. The van der Waals surface area contributed by atoms with Crippen molar-refractivity contribution < 1.29 is 21.9 Å². The van der Waals surface area contributed by atoms with Crippen LogP contribution in [0.4, 0.5) is 14.5 Å². The van der Waals surface area contributed by atoms with Crippen LogP contribution in [-0.4, -0.2) is 46.3 Å². The summed E-state index contributed by atoms with van der Waals surface area (Å²) in [5, 5.41) is 3.69. The third-order valence-corrected chi connectivity index (χ3v) is 7.19. The molecule has 0 atom stereocenters. The minimum Gasteiger partial charge on any atom is -0.495 e. The van der Waals surface area contributed by atoms with Crippen molar-refractivity contribution in [3.8, 4) is 5.75 Å². The van der Waals surface area contributed by atoms with E-state index in [1.165, 1.54) is 31.4 Å². The molecule has 4 rings (SSSR count). The summed E-state index contributed by atoms with van der Waals surface area (Å²) in [7, 11) is -2.55. The minimum atomic E-state index is -4.07. The van der Waals surface area contributed by atoms with Crippen molar-refractivity contribution in [1.82, 2.24) is 9.88 Å². The Labute approximate surface area is 177 Å². The van der Waals surface area contributed by atoms with Gasteiger partial charge in [-0.1, -0.05) is 17.7 Å². The molecule has 160 valence electrons. The van der Waals surface area contributed by atoms with Gasteiger partial charge < -0.3 is 15.0 Å². The van der Waals surface area contributed by atoms with Gasteiger partial charge in [-0.05, 0) is 30.3 Å². The van der Waals surface area contributed by atoms with Crippen LogP contribution in [0.3, 0.4) is 0 Å². The Morgan fingerprint density at radius 3 is 2.53 bits per heavy atom. The predicted molar refractivity (Wildman–Crippen MR) is 112 cm³/mol. The van der Waals surface area contributed by atoms with Crippen LogP contribution >= 0.6 is 11.6 Å². The standard InChI is InChI=1S/C20H20ClF2N3O3S/c1-29-18-5-3-14(11-17(18)25-8-6-24-7-9-25)30(27,28)19-12-26(20(22)23)16-10-13(21)2-4-15(16)19/h2-5,10-12,20,24H,6-9H2,1H3. The van der Waals surface area contributed by atoms with Crippen molar-refractivity contribution in [2.45, 2.75) is 16.3 Å². The number of rotatable bonds is 5. The van der Waals surface area contributed by atoms with Crippen molar-refractivity contribution in [3.05, 3.63) is 47.6 Å². The number of alkyl halides is 2. The van der Waals surface area contributed by atoms with Crippen LogP contribution in [-0.2, 0) is 9.84 Å². The van der Waals surface area contributed by atoms with E-state index >= 15 is 0 Å². The highest BCUT2D eigenvalue weighted by Gasteiger charge is 2.27.